The van der Waals surface area contributed by atoms with E-state index < -0.39 is 0 Å². The molecule has 1 rings (SSSR count). The van der Waals surface area contributed by atoms with Crippen molar-refractivity contribution < 1.29 is 4.79 Å². The van der Waals surface area contributed by atoms with E-state index in [1.807, 2.05) is 7.05 Å². The Kier molecular flexibility index (Phi) is 4.69. The van der Waals surface area contributed by atoms with Gasteiger partial charge in [0.25, 0.3) is 0 Å². The molecule has 0 aromatic heterocycles. The molecule has 1 aromatic rings. The second-order valence-corrected chi connectivity index (χ2v) is 4.62. The van der Waals surface area contributed by atoms with Crippen LogP contribution in [0.3, 0.4) is 0 Å². The van der Waals surface area contributed by atoms with E-state index in [1.165, 1.54) is 16.7 Å². The summed E-state index contributed by atoms with van der Waals surface area (Å²) in [6.45, 7) is 7.37. The topological polar surface area (TPSA) is 20.3 Å². The average Bonchev–Trinajstić information content (AvgIpc) is 2.15. The van der Waals surface area contributed by atoms with Gasteiger partial charge in [-0.3, -0.25) is 9.69 Å². The first kappa shape index (κ1) is 12.9. The van der Waals surface area contributed by atoms with E-state index in [4.69, 9.17) is 0 Å². The molecule has 0 bridgehead atoms. The lowest BCUT2D eigenvalue weighted by Gasteiger charge is -2.15. The van der Waals surface area contributed by atoms with Crippen molar-refractivity contribution in [3.05, 3.63) is 34.9 Å². The number of carbonyl (C=O) groups is 1. The average molecular weight is 219 g/mol. The van der Waals surface area contributed by atoms with Crippen LogP contribution >= 0.6 is 0 Å². The highest BCUT2D eigenvalue weighted by molar-refractivity contribution is 5.77. The molecule has 0 amide bonds. The smallest absolute Gasteiger partial charge is 0.143 e. The van der Waals surface area contributed by atoms with E-state index >= 15 is 0 Å². The number of benzene rings is 1. The van der Waals surface area contributed by atoms with E-state index in [2.05, 4.69) is 36.9 Å². The number of ketones is 1. The van der Waals surface area contributed by atoms with Gasteiger partial charge in [-0.1, -0.05) is 23.8 Å². The molecule has 0 atom stereocenters. The fraction of sp³-hybridized carbons (Fsp3) is 0.500. The molecule has 0 fully saturated rings. The standard InChI is InChI=1S/C14H21NO/c1-11-5-6-14(12(2)9-11)7-8-15(4)10-13(3)16/h5-6,9H,7-8,10H2,1-4H3. The van der Waals surface area contributed by atoms with Crippen molar-refractivity contribution in [2.45, 2.75) is 27.2 Å². The third-order valence-electron chi connectivity index (χ3n) is 2.75. The fourth-order valence-electron chi connectivity index (χ4n) is 1.90. The summed E-state index contributed by atoms with van der Waals surface area (Å²) < 4.78 is 0. The van der Waals surface area contributed by atoms with Gasteiger partial charge in [0.05, 0.1) is 6.54 Å². The molecule has 0 heterocycles. The molecule has 0 radical (unpaired) electrons. The highest BCUT2D eigenvalue weighted by Gasteiger charge is 2.03. The van der Waals surface area contributed by atoms with Gasteiger partial charge in [0.2, 0.25) is 0 Å². The van der Waals surface area contributed by atoms with E-state index in [-0.39, 0.29) is 5.78 Å². The Morgan fingerprint density at radius 3 is 2.56 bits per heavy atom. The molecule has 0 saturated heterocycles. The zero-order valence-electron chi connectivity index (χ0n) is 10.7. The molecule has 0 aliphatic rings. The second-order valence-electron chi connectivity index (χ2n) is 4.62. The van der Waals surface area contributed by atoms with Gasteiger partial charge in [-0.25, -0.2) is 0 Å². The summed E-state index contributed by atoms with van der Waals surface area (Å²) >= 11 is 0. The van der Waals surface area contributed by atoms with E-state index in [1.54, 1.807) is 6.92 Å². The van der Waals surface area contributed by atoms with Crippen molar-refractivity contribution in [1.82, 2.24) is 4.90 Å². The zero-order chi connectivity index (χ0) is 12.1. The molecule has 0 spiro atoms. The van der Waals surface area contributed by atoms with Crippen LogP contribution in [0.5, 0.6) is 0 Å². The molecule has 2 heteroatoms. The first-order valence-electron chi connectivity index (χ1n) is 5.73. The lowest BCUT2D eigenvalue weighted by Crippen LogP contribution is -2.26. The van der Waals surface area contributed by atoms with Gasteiger partial charge in [0, 0.05) is 6.54 Å². The van der Waals surface area contributed by atoms with Gasteiger partial charge < -0.3 is 0 Å². The Hall–Kier alpha value is -1.15. The van der Waals surface area contributed by atoms with Gasteiger partial charge in [-0.2, -0.15) is 0 Å². The minimum absolute atomic E-state index is 0.225. The van der Waals surface area contributed by atoms with Crippen molar-refractivity contribution in [2.24, 2.45) is 0 Å². The normalized spacial score (nSPS) is 10.8. The number of Topliss-reactive ketones (excluding diaryl/α,β-unsaturated/α-hetero) is 1. The molecule has 88 valence electrons. The van der Waals surface area contributed by atoms with Gasteiger partial charge >= 0.3 is 0 Å². The second kappa shape index (κ2) is 5.80. The number of aryl methyl sites for hydroxylation is 2. The lowest BCUT2D eigenvalue weighted by atomic mass is 10.0. The third-order valence-corrected chi connectivity index (χ3v) is 2.75. The van der Waals surface area contributed by atoms with Crippen molar-refractivity contribution in [3.63, 3.8) is 0 Å². The van der Waals surface area contributed by atoms with Crippen LogP contribution in [0.4, 0.5) is 0 Å². The molecule has 16 heavy (non-hydrogen) atoms. The first-order valence-corrected chi connectivity index (χ1v) is 5.73. The third kappa shape index (κ3) is 4.15. The van der Waals surface area contributed by atoms with Crippen LogP contribution in [0.2, 0.25) is 0 Å². The van der Waals surface area contributed by atoms with Gasteiger partial charge in [0.1, 0.15) is 5.78 Å². The van der Waals surface area contributed by atoms with E-state index in [9.17, 15) is 4.79 Å². The predicted octanol–water partition coefficient (Wildman–Crippen LogP) is 2.37. The molecule has 0 N–H and O–H groups in total. The van der Waals surface area contributed by atoms with E-state index in [0.29, 0.717) is 6.54 Å². The Morgan fingerprint density at radius 1 is 1.31 bits per heavy atom. The molecular weight excluding hydrogens is 198 g/mol. The maximum atomic E-state index is 10.9. The Bertz CT molecular complexity index is 371. The number of hydrogen-bond donors (Lipinski definition) is 0. The van der Waals surface area contributed by atoms with Crippen molar-refractivity contribution in [3.8, 4) is 0 Å². The van der Waals surface area contributed by atoms with Gasteiger partial charge in [-0.15, -0.1) is 0 Å². The molecule has 1 aromatic carbocycles. The van der Waals surface area contributed by atoms with Crippen molar-refractivity contribution in [2.75, 3.05) is 20.1 Å². The summed E-state index contributed by atoms with van der Waals surface area (Å²) in [5.41, 5.74) is 4.02. The summed E-state index contributed by atoms with van der Waals surface area (Å²) in [6, 6.07) is 6.54. The fourth-order valence-corrected chi connectivity index (χ4v) is 1.90. The van der Waals surface area contributed by atoms with E-state index in [0.717, 1.165) is 13.0 Å². The van der Waals surface area contributed by atoms with Crippen molar-refractivity contribution >= 4 is 5.78 Å². The largest absolute Gasteiger partial charge is 0.299 e. The highest BCUT2D eigenvalue weighted by atomic mass is 16.1. The number of carbonyl (C=O) groups excluding carboxylic acids is 1. The van der Waals surface area contributed by atoms with Gasteiger partial charge in [-0.05, 0) is 45.4 Å². The summed E-state index contributed by atoms with van der Waals surface area (Å²) in [5, 5.41) is 0. The van der Waals surface area contributed by atoms with Crippen LogP contribution in [-0.4, -0.2) is 30.8 Å². The Balaban J connectivity index is 2.51. The molecule has 0 saturated carbocycles. The highest BCUT2D eigenvalue weighted by Crippen LogP contribution is 2.11. The maximum Gasteiger partial charge on any atom is 0.143 e. The van der Waals surface area contributed by atoms with Crippen molar-refractivity contribution in [1.29, 1.82) is 0 Å². The minimum atomic E-state index is 0.225. The summed E-state index contributed by atoms with van der Waals surface area (Å²) in [6.07, 6.45) is 1.01. The Labute approximate surface area is 98.3 Å². The van der Waals surface area contributed by atoms with Crippen LogP contribution < -0.4 is 0 Å². The van der Waals surface area contributed by atoms with Crippen LogP contribution in [0.15, 0.2) is 18.2 Å². The molecule has 0 unspecified atom stereocenters. The molecular formula is C14H21NO. The summed E-state index contributed by atoms with van der Waals surface area (Å²) in [4.78, 5) is 13.0. The number of likely N-dealkylation sites (N-methyl/N-ethyl adjacent to an activating group) is 1. The molecule has 0 aliphatic heterocycles. The molecule has 2 nitrogen and oxygen atoms in total. The quantitative estimate of drug-likeness (QED) is 0.757. The van der Waals surface area contributed by atoms with Crippen LogP contribution in [-0.2, 0) is 11.2 Å². The van der Waals surface area contributed by atoms with Gasteiger partial charge in [0.15, 0.2) is 0 Å². The summed E-state index contributed by atoms with van der Waals surface area (Å²) in [7, 11) is 1.99. The zero-order valence-corrected chi connectivity index (χ0v) is 10.7. The lowest BCUT2D eigenvalue weighted by molar-refractivity contribution is -0.117. The Morgan fingerprint density at radius 2 is 2.00 bits per heavy atom. The minimum Gasteiger partial charge on any atom is -0.299 e. The SMILES string of the molecule is CC(=O)CN(C)CCc1ccc(C)cc1C. The summed E-state index contributed by atoms with van der Waals surface area (Å²) in [5.74, 6) is 0.225. The first-order chi connectivity index (χ1) is 7.49. The molecule has 0 aliphatic carbocycles. The van der Waals surface area contributed by atoms with Crippen LogP contribution in [0.25, 0.3) is 0 Å². The van der Waals surface area contributed by atoms with Crippen LogP contribution in [0.1, 0.15) is 23.6 Å². The number of hydrogen-bond acceptors (Lipinski definition) is 2. The maximum absolute atomic E-state index is 10.9. The monoisotopic (exact) mass is 219 g/mol. The predicted molar refractivity (Wildman–Crippen MR) is 67.8 cm³/mol. The number of nitrogens with zero attached hydrogens (tertiary/aromatic N) is 1. The number of rotatable bonds is 5. The van der Waals surface area contributed by atoms with Crippen LogP contribution in [0, 0.1) is 13.8 Å².